The molecule has 2 unspecified atom stereocenters. The number of phenolic OH excluding ortho intramolecular Hbond substituents is 1. The Morgan fingerprint density at radius 1 is 1.50 bits per heavy atom. The van der Waals surface area contributed by atoms with E-state index in [0.717, 1.165) is 18.5 Å². The van der Waals surface area contributed by atoms with Crippen LogP contribution in [-0.4, -0.2) is 30.1 Å². The van der Waals surface area contributed by atoms with Crippen LogP contribution in [0.5, 0.6) is 5.75 Å². The molecule has 4 nitrogen and oxygen atoms in total. The van der Waals surface area contributed by atoms with E-state index >= 15 is 0 Å². The number of aryl methyl sites for hydroxylation is 1. The van der Waals surface area contributed by atoms with Crippen molar-refractivity contribution < 1.29 is 9.90 Å². The maximum absolute atomic E-state index is 12.1. The number of nitrogens with one attached hydrogen (secondary N) is 2. The van der Waals surface area contributed by atoms with Crippen molar-refractivity contribution in [3.05, 3.63) is 29.3 Å². The van der Waals surface area contributed by atoms with E-state index < -0.39 is 0 Å². The second-order valence-corrected chi connectivity index (χ2v) is 5.58. The molecule has 4 heteroatoms. The Morgan fingerprint density at radius 3 is 3.00 bits per heavy atom. The first-order valence-electron chi connectivity index (χ1n) is 7.43. The van der Waals surface area contributed by atoms with E-state index in [1.807, 2.05) is 0 Å². The van der Waals surface area contributed by atoms with E-state index in [4.69, 9.17) is 0 Å². The number of carbonyl (C=O) groups is 1. The molecule has 1 aromatic rings. The van der Waals surface area contributed by atoms with E-state index in [1.54, 1.807) is 25.1 Å². The van der Waals surface area contributed by atoms with E-state index in [2.05, 4.69) is 17.6 Å². The van der Waals surface area contributed by atoms with Crippen molar-refractivity contribution in [1.29, 1.82) is 0 Å². The molecule has 0 saturated carbocycles. The average molecular weight is 276 g/mol. The Morgan fingerprint density at radius 2 is 2.30 bits per heavy atom. The normalized spacial score (nSPS) is 22.5. The standard InChI is InChI=1S/C16H24N2O2/c1-3-12-5-4-8-17-14(12)10-18-16(20)13-6-7-15(19)11(2)9-13/h6-7,9,12,14,17,19H,3-5,8,10H2,1-2H3,(H,18,20). The highest BCUT2D eigenvalue weighted by Crippen LogP contribution is 2.20. The highest BCUT2D eigenvalue weighted by atomic mass is 16.3. The topological polar surface area (TPSA) is 61.4 Å². The molecule has 2 rings (SSSR count). The van der Waals surface area contributed by atoms with E-state index in [9.17, 15) is 9.90 Å². The summed E-state index contributed by atoms with van der Waals surface area (Å²) in [5.41, 5.74) is 1.32. The van der Waals surface area contributed by atoms with Crippen LogP contribution in [0.15, 0.2) is 18.2 Å². The van der Waals surface area contributed by atoms with Crippen LogP contribution in [-0.2, 0) is 0 Å². The van der Waals surface area contributed by atoms with Crippen LogP contribution < -0.4 is 10.6 Å². The summed E-state index contributed by atoms with van der Waals surface area (Å²) in [6, 6.07) is 5.31. The van der Waals surface area contributed by atoms with Crippen molar-refractivity contribution in [2.75, 3.05) is 13.1 Å². The minimum atomic E-state index is -0.0738. The van der Waals surface area contributed by atoms with Gasteiger partial charge in [0.2, 0.25) is 0 Å². The number of hydrogen-bond donors (Lipinski definition) is 3. The number of rotatable bonds is 4. The molecular weight excluding hydrogens is 252 g/mol. The second-order valence-electron chi connectivity index (χ2n) is 5.58. The number of aromatic hydroxyl groups is 1. The molecular formula is C16H24N2O2. The lowest BCUT2D eigenvalue weighted by molar-refractivity contribution is 0.0942. The molecule has 2 atom stereocenters. The number of benzene rings is 1. The van der Waals surface area contributed by atoms with Gasteiger partial charge < -0.3 is 15.7 Å². The minimum absolute atomic E-state index is 0.0738. The maximum Gasteiger partial charge on any atom is 0.251 e. The fourth-order valence-corrected chi connectivity index (χ4v) is 2.85. The predicted octanol–water partition coefficient (Wildman–Crippen LogP) is 2.21. The van der Waals surface area contributed by atoms with Gasteiger partial charge in [-0.3, -0.25) is 4.79 Å². The van der Waals surface area contributed by atoms with Crippen LogP contribution in [0.4, 0.5) is 0 Å². The lowest BCUT2D eigenvalue weighted by Crippen LogP contribution is -2.48. The fourth-order valence-electron chi connectivity index (χ4n) is 2.85. The minimum Gasteiger partial charge on any atom is -0.508 e. The van der Waals surface area contributed by atoms with Crippen LogP contribution in [0.25, 0.3) is 0 Å². The quantitative estimate of drug-likeness (QED) is 0.790. The van der Waals surface area contributed by atoms with Gasteiger partial charge in [0.1, 0.15) is 5.75 Å². The second kappa shape index (κ2) is 6.75. The number of phenols is 1. The van der Waals surface area contributed by atoms with Crippen LogP contribution >= 0.6 is 0 Å². The fraction of sp³-hybridized carbons (Fsp3) is 0.562. The first-order chi connectivity index (χ1) is 9.61. The summed E-state index contributed by atoms with van der Waals surface area (Å²) in [5, 5.41) is 16.0. The van der Waals surface area contributed by atoms with Crippen molar-refractivity contribution in [3.63, 3.8) is 0 Å². The van der Waals surface area contributed by atoms with Gasteiger partial charge in [0.05, 0.1) is 0 Å². The first kappa shape index (κ1) is 14.9. The SMILES string of the molecule is CCC1CCCNC1CNC(=O)c1ccc(O)c(C)c1. The summed E-state index contributed by atoms with van der Waals surface area (Å²) in [6.45, 7) is 5.70. The average Bonchev–Trinajstić information content (AvgIpc) is 2.47. The number of hydrogen-bond acceptors (Lipinski definition) is 3. The third-order valence-electron chi connectivity index (χ3n) is 4.19. The molecule has 1 aliphatic rings. The van der Waals surface area contributed by atoms with Crippen molar-refractivity contribution in [3.8, 4) is 5.75 Å². The summed E-state index contributed by atoms with van der Waals surface area (Å²) in [4.78, 5) is 12.1. The van der Waals surface area contributed by atoms with Gasteiger partial charge in [0.15, 0.2) is 0 Å². The Balaban J connectivity index is 1.92. The Labute approximate surface area is 120 Å². The van der Waals surface area contributed by atoms with Gasteiger partial charge in [-0.1, -0.05) is 13.3 Å². The van der Waals surface area contributed by atoms with Crippen molar-refractivity contribution >= 4 is 5.91 Å². The maximum atomic E-state index is 12.1. The molecule has 1 heterocycles. The molecule has 1 amide bonds. The summed E-state index contributed by atoms with van der Waals surface area (Å²) in [6.07, 6.45) is 3.61. The summed E-state index contributed by atoms with van der Waals surface area (Å²) in [7, 11) is 0. The monoisotopic (exact) mass is 276 g/mol. The summed E-state index contributed by atoms with van der Waals surface area (Å²) < 4.78 is 0. The first-order valence-corrected chi connectivity index (χ1v) is 7.43. The van der Waals surface area contributed by atoms with Crippen molar-refractivity contribution in [1.82, 2.24) is 10.6 Å². The van der Waals surface area contributed by atoms with Crippen molar-refractivity contribution in [2.24, 2.45) is 5.92 Å². The summed E-state index contributed by atoms with van der Waals surface area (Å²) >= 11 is 0. The third kappa shape index (κ3) is 3.51. The molecule has 0 aromatic heterocycles. The lowest BCUT2D eigenvalue weighted by Gasteiger charge is -2.32. The zero-order valence-corrected chi connectivity index (χ0v) is 12.3. The highest BCUT2D eigenvalue weighted by Gasteiger charge is 2.23. The van der Waals surface area contributed by atoms with Gasteiger partial charge in [-0.2, -0.15) is 0 Å². The number of piperidine rings is 1. The number of carbonyl (C=O) groups excluding carboxylic acids is 1. The number of amides is 1. The van der Waals surface area contributed by atoms with E-state index in [-0.39, 0.29) is 11.7 Å². The van der Waals surface area contributed by atoms with Gasteiger partial charge in [0, 0.05) is 18.2 Å². The Hall–Kier alpha value is -1.55. The van der Waals surface area contributed by atoms with Gasteiger partial charge in [-0.25, -0.2) is 0 Å². The summed E-state index contributed by atoms with van der Waals surface area (Å²) in [5.74, 6) is 0.794. The molecule has 1 aliphatic heterocycles. The molecule has 1 fully saturated rings. The van der Waals surface area contributed by atoms with Crippen LogP contribution in [0.3, 0.4) is 0 Å². The Bertz CT molecular complexity index is 474. The molecule has 0 aliphatic carbocycles. The van der Waals surface area contributed by atoms with Gasteiger partial charge in [-0.15, -0.1) is 0 Å². The molecule has 20 heavy (non-hydrogen) atoms. The molecule has 110 valence electrons. The van der Waals surface area contributed by atoms with Gasteiger partial charge in [0.25, 0.3) is 5.91 Å². The van der Waals surface area contributed by atoms with Crippen LogP contribution in [0.2, 0.25) is 0 Å². The largest absolute Gasteiger partial charge is 0.508 e. The Kier molecular flexibility index (Phi) is 5.01. The van der Waals surface area contributed by atoms with Crippen LogP contribution in [0, 0.1) is 12.8 Å². The molecule has 0 bridgehead atoms. The van der Waals surface area contributed by atoms with Gasteiger partial charge >= 0.3 is 0 Å². The van der Waals surface area contributed by atoms with Crippen LogP contribution in [0.1, 0.15) is 42.1 Å². The zero-order chi connectivity index (χ0) is 14.5. The smallest absolute Gasteiger partial charge is 0.251 e. The zero-order valence-electron chi connectivity index (χ0n) is 12.3. The molecule has 0 radical (unpaired) electrons. The molecule has 1 saturated heterocycles. The van der Waals surface area contributed by atoms with E-state index in [0.29, 0.717) is 24.1 Å². The molecule has 3 N–H and O–H groups in total. The predicted molar refractivity (Wildman–Crippen MR) is 80.0 cm³/mol. The lowest BCUT2D eigenvalue weighted by atomic mass is 9.88. The highest BCUT2D eigenvalue weighted by molar-refractivity contribution is 5.94. The third-order valence-corrected chi connectivity index (χ3v) is 4.19. The molecule has 1 aromatic carbocycles. The van der Waals surface area contributed by atoms with Crippen molar-refractivity contribution in [2.45, 2.75) is 39.2 Å². The van der Waals surface area contributed by atoms with E-state index in [1.165, 1.54) is 12.8 Å². The molecule has 0 spiro atoms. The van der Waals surface area contributed by atoms with Gasteiger partial charge in [-0.05, 0) is 56.0 Å².